The normalized spacial score (nSPS) is 28.5. The smallest absolute Gasteiger partial charge is 0.228 e. The molecule has 118 valence electrons. The number of hydrogen-bond donors (Lipinski definition) is 0. The summed E-state index contributed by atoms with van der Waals surface area (Å²) in [6.45, 7) is 11.9. The minimum atomic E-state index is -0.302. The van der Waals surface area contributed by atoms with Crippen LogP contribution in [0.5, 0.6) is 0 Å². The topological polar surface area (TPSA) is 52.6 Å². The van der Waals surface area contributed by atoms with E-state index in [4.69, 9.17) is 9.47 Å². The number of carbonyl (C=O) groups is 2. The van der Waals surface area contributed by atoms with E-state index in [1.54, 1.807) is 0 Å². The second-order valence-electron chi connectivity index (χ2n) is 6.17. The fourth-order valence-corrected chi connectivity index (χ4v) is 3.42. The zero-order valence-corrected chi connectivity index (χ0v) is 13.6. The van der Waals surface area contributed by atoms with Crippen molar-refractivity contribution in [3.63, 3.8) is 0 Å². The van der Waals surface area contributed by atoms with Gasteiger partial charge in [0.25, 0.3) is 0 Å². The Labute approximate surface area is 131 Å². The lowest BCUT2D eigenvalue weighted by Gasteiger charge is -2.42. The van der Waals surface area contributed by atoms with E-state index in [-0.39, 0.29) is 34.4 Å². The van der Waals surface area contributed by atoms with Gasteiger partial charge in [-0.25, -0.2) is 0 Å². The van der Waals surface area contributed by atoms with Crippen molar-refractivity contribution in [2.75, 3.05) is 14.2 Å². The van der Waals surface area contributed by atoms with E-state index in [0.717, 1.165) is 5.57 Å². The maximum Gasteiger partial charge on any atom is 0.228 e. The van der Waals surface area contributed by atoms with Gasteiger partial charge in [0.2, 0.25) is 23.1 Å². The van der Waals surface area contributed by atoms with Gasteiger partial charge < -0.3 is 9.47 Å². The molecule has 4 heteroatoms. The fraction of sp³-hybridized carbons (Fsp3) is 0.444. The molecule has 0 N–H and O–H groups in total. The Kier molecular flexibility index (Phi) is 4.14. The van der Waals surface area contributed by atoms with Crippen molar-refractivity contribution in [3.8, 4) is 0 Å². The maximum atomic E-state index is 12.7. The van der Waals surface area contributed by atoms with E-state index >= 15 is 0 Å². The summed E-state index contributed by atoms with van der Waals surface area (Å²) in [5.41, 5.74) is 1.72. The number of carbonyl (C=O) groups excluding carboxylic acids is 2. The van der Waals surface area contributed by atoms with Gasteiger partial charge in [-0.2, -0.15) is 0 Å². The number of ketones is 2. The van der Waals surface area contributed by atoms with Gasteiger partial charge in [-0.3, -0.25) is 9.59 Å². The largest absolute Gasteiger partial charge is 0.489 e. The fourth-order valence-electron chi connectivity index (χ4n) is 3.42. The summed E-state index contributed by atoms with van der Waals surface area (Å²) in [5.74, 6) is -0.462. The molecule has 2 aliphatic rings. The number of allylic oxidation sites excluding steroid dienone is 4. The van der Waals surface area contributed by atoms with Crippen molar-refractivity contribution in [2.45, 2.75) is 26.7 Å². The van der Waals surface area contributed by atoms with Crippen LogP contribution in [0.15, 0.2) is 47.5 Å². The molecule has 0 amide bonds. The SMILES string of the molecule is C=C[C@@]1(C)CC2=C(C[C@@H]1C(=C)C)C(=O)C(OC)=C(OC)C2=O. The molecule has 0 radical (unpaired) electrons. The predicted octanol–water partition coefficient (Wildman–Crippen LogP) is 3.12. The van der Waals surface area contributed by atoms with Crippen LogP contribution >= 0.6 is 0 Å². The van der Waals surface area contributed by atoms with E-state index < -0.39 is 0 Å². The van der Waals surface area contributed by atoms with E-state index in [0.29, 0.717) is 24.0 Å². The van der Waals surface area contributed by atoms with Crippen LogP contribution < -0.4 is 0 Å². The Morgan fingerprint density at radius 2 is 1.68 bits per heavy atom. The monoisotopic (exact) mass is 302 g/mol. The van der Waals surface area contributed by atoms with Crippen LogP contribution in [0.2, 0.25) is 0 Å². The Balaban J connectivity index is 2.57. The molecule has 4 nitrogen and oxygen atoms in total. The quantitative estimate of drug-likeness (QED) is 0.591. The van der Waals surface area contributed by atoms with Crippen LogP contribution in [-0.4, -0.2) is 25.8 Å². The standard InChI is InChI=1S/C18H22O4/c1-7-18(4)9-12-11(8-13(18)10(2)3)14(19)16(21-5)17(22-6)15(12)20/h7,13H,1-2,8-9H2,3-6H3/t13-,18+/m1/s1. The Bertz CT molecular complexity index is 635. The van der Waals surface area contributed by atoms with Crippen LogP contribution in [0.1, 0.15) is 26.7 Å². The maximum absolute atomic E-state index is 12.7. The summed E-state index contributed by atoms with van der Waals surface area (Å²) in [6, 6.07) is 0. The number of Topliss-reactive ketones (excluding diaryl/α,β-unsaturated/α-hetero) is 2. The molecule has 2 rings (SSSR count). The first-order chi connectivity index (χ1) is 10.3. The summed E-state index contributed by atoms with van der Waals surface area (Å²) in [5, 5.41) is 0. The molecular formula is C18H22O4. The van der Waals surface area contributed by atoms with Crippen LogP contribution in [0.3, 0.4) is 0 Å². The van der Waals surface area contributed by atoms with Crippen molar-refractivity contribution < 1.29 is 19.1 Å². The third-order valence-corrected chi connectivity index (χ3v) is 4.76. The van der Waals surface area contributed by atoms with Gasteiger partial charge >= 0.3 is 0 Å². The highest BCUT2D eigenvalue weighted by molar-refractivity contribution is 6.23. The van der Waals surface area contributed by atoms with Crippen molar-refractivity contribution >= 4 is 11.6 Å². The molecule has 0 aliphatic heterocycles. The van der Waals surface area contributed by atoms with Gasteiger partial charge in [-0.15, -0.1) is 6.58 Å². The van der Waals surface area contributed by atoms with Crippen LogP contribution in [0, 0.1) is 11.3 Å². The second kappa shape index (κ2) is 5.59. The molecule has 0 aromatic rings. The molecule has 0 heterocycles. The van der Waals surface area contributed by atoms with Crippen molar-refractivity contribution in [3.05, 3.63) is 47.5 Å². The van der Waals surface area contributed by atoms with E-state index in [1.165, 1.54) is 14.2 Å². The van der Waals surface area contributed by atoms with Crippen molar-refractivity contribution in [1.29, 1.82) is 0 Å². The van der Waals surface area contributed by atoms with Gasteiger partial charge in [-0.05, 0) is 31.1 Å². The molecule has 0 aromatic carbocycles. The van der Waals surface area contributed by atoms with E-state index in [1.807, 2.05) is 19.9 Å². The van der Waals surface area contributed by atoms with Crippen molar-refractivity contribution in [1.82, 2.24) is 0 Å². The van der Waals surface area contributed by atoms with Crippen LogP contribution in [0.4, 0.5) is 0 Å². The first-order valence-electron chi connectivity index (χ1n) is 7.23. The first kappa shape index (κ1) is 16.3. The highest BCUT2D eigenvalue weighted by Gasteiger charge is 2.46. The summed E-state index contributed by atoms with van der Waals surface area (Å²) in [7, 11) is 2.75. The molecule has 2 atom stereocenters. The highest BCUT2D eigenvalue weighted by Crippen LogP contribution is 2.50. The zero-order chi connectivity index (χ0) is 16.7. The molecule has 0 saturated heterocycles. The van der Waals surface area contributed by atoms with Gasteiger partial charge in [-0.1, -0.05) is 25.2 Å². The lowest BCUT2D eigenvalue weighted by atomic mass is 9.61. The molecule has 0 fully saturated rings. The molecule has 0 aromatic heterocycles. The summed E-state index contributed by atoms with van der Waals surface area (Å²) < 4.78 is 10.2. The number of rotatable bonds is 4. The zero-order valence-electron chi connectivity index (χ0n) is 13.6. The third kappa shape index (κ3) is 2.23. The van der Waals surface area contributed by atoms with Crippen LogP contribution in [-0.2, 0) is 19.1 Å². The van der Waals surface area contributed by atoms with Gasteiger partial charge in [0.15, 0.2) is 0 Å². The Hall–Kier alpha value is -2.10. The molecule has 0 unspecified atom stereocenters. The number of methoxy groups -OCH3 is 2. The summed E-state index contributed by atoms with van der Waals surface area (Å²) >= 11 is 0. The molecule has 0 saturated carbocycles. The Morgan fingerprint density at radius 1 is 1.18 bits per heavy atom. The predicted molar refractivity (Wildman–Crippen MR) is 83.9 cm³/mol. The highest BCUT2D eigenvalue weighted by atomic mass is 16.5. The van der Waals surface area contributed by atoms with Gasteiger partial charge in [0.1, 0.15) is 0 Å². The van der Waals surface area contributed by atoms with Gasteiger partial charge in [0.05, 0.1) is 14.2 Å². The number of hydrogen-bond acceptors (Lipinski definition) is 4. The molecule has 0 bridgehead atoms. The summed E-state index contributed by atoms with van der Waals surface area (Å²) in [4.78, 5) is 25.3. The van der Waals surface area contributed by atoms with E-state index in [9.17, 15) is 9.59 Å². The molecular weight excluding hydrogens is 280 g/mol. The molecule has 0 spiro atoms. The molecule has 22 heavy (non-hydrogen) atoms. The number of ether oxygens (including phenoxy) is 2. The average Bonchev–Trinajstić information content (AvgIpc) is 2.49. The van der Waals surface area contributed by atoms with Gasteiger partial charge in [0, 0.05) is 11.1 Å². The summed E-state index contributed by atoms with van der Waals surface area (Å²) in [6.07, 6.45) is 2.79. The first-order valence-corrected chi connectivity index (χ1v) is 7.23. The average molecular weight is 302 g/mol. The van der Waals surface area contributed by atoms with Crippen molar-refractivity contribution in [2.24, 2.45) is 11.3 Å². The van der Waals surface area contributed by atoms with E-state index in [2.05, 4.69) is 13.2 Å². The second-order valence-corrected chi connectivity index (χ2v) is 6.17. The lowest BCUT2D eigenvalue weighted by molar-refractivity contribution is -0.122. The molecule has 2 aliphatic carbocycles. The van der Waals surface area contributed by atoms with Crippen LogP contribution in [0.25, 0.3) is 0 Å². The minimum absolute atomic E-state index is 0.00563. The lowest BCUT2D eigenvalue weighted by Crippen LogP contribution is -2.38. The Morgan fingerprint density at radius 3 is 2.09 bits per heavy atom. The minimum Gasteiger partial charge on any atom is -0.489 e. The third-order valence-electron chi connectivity index (χ3n) is 4.76.